The Hall–Kier alpha value is -2.69. The summed E-state index contributed by atoms with van der Waals surface area (Å²) in [6.07, 6.45) is 1.63. The van der Waals surface area contributed by atoms with Gasteiger partial charge in [-0.2, -0.15) is 0 Å². The van der Waals surface area contributed by atoms with Crippen LogP contribution < -0.4 is 10.6 Å². The number of pyridine rings is 1. The van der Waals surface area contributed by atoms with Gasteiger partial charge in [0.1, 0.15) is 0 Å². The zero-order valence-corrected chi connectivity index (χ0v) is 9.81. The molecule has 2 aromatic rings. The second-order valence-electron chi connectivity index (χ2n) is 4.60. The van der Waals surface area contributed by atoms with Crippen LogP contribution in [0, 0.1) is 0 Å². The van der Waals surface area contributed by atoms with E-state index in [9.17, 15) is 9.59 Å². The highest BCUT2D eigenvalue weighted by atomic mass is 16.2. The Morgan fingerprint density at radius 1 is 1.00 bits per heavy atom. The monoisotopic (exact) mass is 251 g/mol. The zero-order valence-electron chi connectivity index (χ0n) is 9.81. The van der Waals surface area contributed by atoms with E-state index in [2.05, 4.69) is 15.6 Å². The van der Waals surface area contributed by atoms with Crippen LogP contribution in [0.4, 0.5) is 4.79 Å². The number of aromatic nitrogens is 1. The number of hydrogen-bond acceptors (Lipinski definition) is 3. The van der Waals surface area contributed by atoms with Crippen LogP contribution in [0.15, 0.2) is 42.6 Å². The maximum absolute atomic E-state index is 12.3. The predicted octanol–water partition coefficient (Wildman–Crippen LogP) is 1.14. The number of amides is 3. The number of nitrogens with zero attached hydrogens (tertiary/aromatic N) is 1. The second kappa shape index (κ2) is 3.20. The minimum Gasteiger partial charge on any atom is -0.314 e. The van der Waals surface area contributed by atoms with Crippen LogP contribution in [0.1, 0.15) is 11.3 Å². The maximum atomic E-state index is 12.3. The molecule has 1 spiro atoms. The van der Waals surface area contributed by atoms with E-state index in [4.69, 9.17) is 0 Å². The number of carbonyl (C=O) groups excluding carboxylic acids is 2. The van der Waals surface area contributed by atoms with Crippen molar-refractivity contribution in [3.05, 3.63) is 53.9 Å². The number of carbonyl (C=O) groups is 2. The smallest absolute Gasteiger partial charge is 0.314 e. The van der Waals surface area contributed by atoms with Gasteiger partial charge in [0.05, 0.1) is 5.69 Å². The normalized spacial score (nSPS) is 22.9. The van der Waals surface area contributed by atoms with Crippen LogP contribution in [-0.4, -0.2) is 16.9 Å². The Morgan fingerprint density at radius 3 is 2.58 bits per heavy atom. The Bertz CT molecular complexity index is 693. The molecule has 4 rings (SSSR count). The van der Waals surface area contributed by atoms with Crippen molar-refractivity contribution in [1.29, 1.82) is 0 Å². The van der Waals surface area contributed by atoms with Crippen LogP contribution in [0.5, 0.6) is 0 Å². The van der Waals surface area contributed by atoms with Gasteiger partial charge in [0.25, 0.3) is 5.91 Å². The predicted molar refractivity (Wildman–Crippen MR) is 67.1 cm³/mol. The highest BCUT2D eigenvalue weighted by Crippen LogP contribution is 2.47. The first-order valence-electron chi connectivity index (χ1n) is 5.92. The first-order valence-corrected chi connectivity index (χ1v) is 5.92. The van der Waals surface area contributed by atoms with Crippen LogP contribution in [0.2, 0.25) is 0 Å². The van der Waals surface area contributed by atoms with Crippen molar-refractivity contribution in [3.8, 4) is 11.1 Å². The molecule has 1 aliphatic carbocycles. The summed E-state index contributed by atoms with van der Waals surface area (Å²) in [6.45, 7) is 0. The molecule has 2 N–H and O–H groups in total. The Balaban J connectivity index is 2.13. The van der Waals surface area contributed by atoms with Gasteiger partial charge >= 0.3 is 6.03 Å². The minimum absolute atomic E-state index is 0.373. The molecular formula is C14H9N3O2. The van der Waals surface area contributed by atoms with Gasteiger partial charge < -0.3 is 5.32 Å². The number of rotatable bonds is 0. The quantitative estimate of drug-likeness (QED) is 0.690. The molecular weight excluding hydrogens is 242 g/mol. The maximum Gasteiger partial charge on any atom is 0.322 e. The second-order valence-corrected chi connectivity index (χ2v) is 4.60. The number of urea groups is 1. The van der Waals surface area contributed by atoms with E-state index < -0.39 is 11.6 Å². The summed E-state index contributed by atoms with van der Waals surface area (Å²) in [5.74, 6) is -0.373. The summed E-state index contributed by atoms with van der Waals surface area (Å²) < 4.78 is 0. The van der Waals surface area contributed by atoms with Crippen LogP contribution >= 0.6 is 0 Å². The molecule has 1 aromatic carbocycles. The molecule has 1 atom stereocenters. The van der Waals surface area contributed by atoms with Crippen molar-refractivity contribution >= 4 is 11.9 Å². The van der Waals surface area contributed by atoms with Crippen molar-refractivity contribution in [2.75, 3.05) is 0 Å². The Morgan fingerprint density at radius 2 is 1.79 bits per heavy atom. The lowest BCUT2D eigenvalue weighted by atomic mass is 9.91. The molecule has 1 saturated heterocycles. The average molecular weight is 251 g/mol. The largest absolute Gasteiger partial charge is 0.322 e. The van der Waals surface area contributed by atoms with Gasteiger partial charge in [-0.25, -0.2) is 4.79 Å². The number of benzene rings is 1. The van der Waals surface area contributed by atoms with Gasteiger partial charge in [-0.05, 0) is 11.6 Å². The topological polar surface area (TPSA) is 71.1 Å². The summed E-state index contributed by atoms with van der Waals surface area (Å²) in [6, 6.07) is 10.8. The number of fused-ring (bicyclic) bond motifs is 5. The summed E-state index contributed by atoms with van der Waals surface area (Å²) in [5, 5.41) is 5.03. The van der Waals surface area contributed by atoms with Crippen molar-refractivity contribution in [3.63, 3.8) is 0 Å². The first-order chi connectivity index (χ1) is 9.23. The summed E-state index contributed by atoms with van der Waals surface area (Å²) in [4.78, 5) is 28.2. The fourth-order valence-corrected chi connectivity index (χ4v) is 2.91. The van der Waals surface area contributed by atoms with Crippen LogP contribution in [0.25, 0.3) is 11.1 Å². The van der Waals surface area contributed by atoms with Crippen LogP contribution in [0.3, 0.4) is 0 Å². The van der Waals surface area contributed by atoms with E-state index in [1.165, 1.54) is 0 Å². The molecule has 5 nitrogen and oxygen atoms in total. The molecule has 0 radical (unpaired) electrons. The molecule has 1 aliphatic heterocycles. The lowest BCUT2D eigenvalue weighted by Gasteiger charge is -2.21. The molecule has 0 bridgehead atoms. The number of nitrogens with one attached hydrogen (secondary N) is 2. The fraction of sp³-hybridized carbons (Fsp3) is 0.0714. The molecule has 92 valence electrons. The molecule has 0 saturated carbocycles. The van der Waals surface area contributed by atoms with E-state index in [1.54, 1.807) is 6.20 Å². The third kappa shape index (κ3) is 1.07. The minimum atomic E-state index is -1.18. The Labute approximate surface area is 108 Å². The van der Waals surface area contributed by atoms with Gasteiger partial charge in [0.2, 0.25) is 0 Å². The SMILES string of the molecule is O=C1NC(=O)C2(N1)c1ccccc1-c1cccnc12. The molecule has 3 amide bonds. The summed E-state index contributed by atoms with van der Waals surface area (Å²) in [7, 11) is 0. The van der Waals surface area contributed by atoms with E-state index in [0.717, 1.165) is 16.7 Å². The highest BCUT2D eigenvalue weighted by Gasteiger charge is 2.55. The highest BCUT2D eigenvalue weighted by molar-refractivity contribution is 6.12. The van der Waals surface area contributed by atoms with Crippen molar-refractivity contribution < 1.29 is 9.59 Å². The zero-order chi connectivity index (χ0) is 13.0. The molecule has 5 heteroatoms. The molecule has 2 aliphatic rings. The van der Waals surface area contributed by atoms with Crippen molar-refractivity contribution in [2.45, 2.75) is 5.54 Å². The van der Waals surface area contributed by atoms with Crippen LogP contribution in [-0.2, 0) is 10.3 Å². The van der Waals surface area contributed by atoms with Gasteiger partial charge in [-0.3, -0.25) is 15.1 Å². The van der Waals surface area contributed by atoms with Crippen molar-refractivity contribution in [1.82, 2.24) is 15.6 Å². The van der Waals surface area contributed by atoms with Gasteiger partial charge in [-0.1, -0.05) is 30.3 Å². The molecule has 2 heterocycles. The van der Waals surface area contributed by atoms with Gasteiger partial charge in [0.15, 0.2) is 5.54 Å². The van der Waals surface area contributed by atoms with Gasteiger partial charge in [-0.15, -0.1) is 0 Å². The molecule has 1 fully saturated rings. The average Bonchev–Trinajstić information content (AvgIpc) is 2.89. The standard InChI is InChI=1S/C14H9N3O2/c18-12-14(17-13(19)16-12)10-6-2-1-4-8(10)9-5-3-7-15-11(9)14/h1-7H,(H2,16,17,18,19). The van der Waals surface area contributed by atoms with E-state index in [0.29, 0.717) is 5.69 Å². The Kier molecular flexibility index (Phi) is 1.73. The molecule has 19 heavy (non-hydrogen) atoms. The van der Waals surface area contributed by atoms with Crippen molar-refractivity contribution in [2.24, 2.45) is 0 Å². The third-order valence-corrected chi connectivity index (χ3v) is 3.65. The third-order valence-electron chi connectivity index (χ3n) is 3.65. The summed E-state index contributed by atoms with van der Waals surface area (Å²) >= 11 is 0. The van der Waals surface area contributed by atoms with Gasteiger partial charge in [0, 0.05) is 17.3 Å². The fourth-order valence-electron chi connectivity index (χ4n) is 2.91. The first kappa shape index (κ1) is 10.3. The lowest BCUT2D eigenvalue weighted by molar-refractivity contribution is -0.122. The van der Waals surface area contributed by atoms with E-state index >= 15 is 0 Å². The number of hydrogen-bond donors (Lipinski definition) is 2. The number of imide groups is 1. The molecule has 1 unspecified atom stereocenters. The van der Waals surface area contributed by atoms with E-state index in [-0.39, 0.29) is 5.91 Å². The molecule has 1 aromatic heterocycles. The lowest BCUT2D eigenvalue weighted by Crippen LogP contribution is -2.43. The summed E-state index contributed by atoms with van der Waals surface area (Å²) in [5.41, 5.74) is 1.99. The van der Waals surface area contributed by atoms with E-state index in [1.807, 2.05) is 36.4 Å².